The number of anilines is 1. The molecule has 27 heavy (non-hydrogen) atoms. The predicted molar refractivity (Wildman–Crippen MR) is 111 cm³/mol. The first-order chi connectivity index (χ1) is 13.2. The third-order valence-electron chi connectivity index (χ3n) is 5.95. The van der Waals surface area contributed by atoms with E-state index >= 15 is 0 Å². The summed E-state index contributed by atoms with van der Waals surface area (Å²) in [5, 5.41) is 4.26. The van der Waals surface area contributed by atoms with Crippen LogP contribution in [0.1, 0.15) is 24.1 Å². The number of rotatable bonds is 4. The van der Waals surface area contributed by atoms with Gasteiger partial charge in [-0.3, -0.25) is 9.88 Å². The van der Waals surface area contributed by atoms with Crippen LogP contribution < -0.4 is 10.2 Å². The lowest BCUT2D eigenvalue weighted by Gasteiger charge is -2.44. The Labute approximate surface area is 166 Å². The molecule has 0 amide bonds. The van der Waals surface area contributed by atoms with Crippen LogP contribution in [0.4, 0.5) is 5.82 Å². The third-order valence-corrected chi connectivity index (χ3v) is 6.25. The molecular formula is C21H28ClN5. The number of aryl methyl sites for hydroxylation is 1. The van der Waals surface area contributed by atoms with Crippen molar-refractivity contribution in [1.82, 2.24) is 20.2 Å². The van der Waals surface area contributed by atoms with Gasteiger partial charge in [-0.25, -0.2) is 4.98 Å². The summed E-state index contributed by atoms with van der Waals surface area (Å²) in [6, 6.07) is 8.25. The van der Waals surface area contributed by atoms with Gasteiger partial charge in [0.05, 0.1) is 5.02 Å². The van der Waals surface area contributed by atoms with E-state index < -0.39 is 0 Å². The number of hydrogen-bond donors (Lipinski definition) is 1. The first-order valence-electron chi connectivity index (χ1n) is 9.88. The maximum absolute atomic E-state index is 6.33. The molecule has 1 N–H and O–H groups in total. The van der Waals surface area contributed by atoms with Gasteiger partial charge in [-0.1, -0.05) is 17.7 Å². The highest BCUT2D eigenvalue weighted by atomic mass is 35.5. The summed E-state index contributed by atoms with van der Waals surface area (Å²) < 4.78 is 0. The van der Waals surface area contributed by atoms with Crippen LogP contribution in [0.3, 0.4) is 0 Å². The smallest absolute Gasteiger partial charge is 0.147 e. The highest BCUT2D eigenvalue weighted by Crippen LogP contribution is 2.34. The average Bonchev–Trinajstić information content (AvgIpc) is 2.70. The number of piperidine rings is 1. The Morgan fingerprint density at radius 1 is 1.07 bits per heavy atom. The molecule has 0 bridgehead atoms. The van der Waals surface area contributed by atoms with Crippen LogP contribution in [0.2, 0.25) is 5.02 Å². The first kappa shape index (κ1) is 18.7. The molecule has 2 aromatic rings. The van der Waals surface area contributed by atoms with Gasteiger partial charge < -0.3 is 10.2 Å². The Morgan fingerprint density at radius 2 is 1.85 bits per heavy atom. The molecule has 0 radical (unpaired) electrons. The van der Waals surface area contributed by atoms with Crippen molar-refractivity contribution in [2.24, 2.45) is 0 Å². The van der Waals surface area contributed by atoms with Gasteiger partial charge in [-0.15, -0.1) is 0 Å². The summed E-state index contributed by atoms with van der Waals surface area (Å²) in [6.07, 6.45) is 6.13. The van der Waals surface area contributed by atoms with Gasteiger partial charge in [0.2, 0.25) is 0 Å². The first-order valence-corrected chi connectivity index (χ1v) is 10.3. The minimum absolute atomic E-state index is 0.157. The maximum Gasteiger partial charge on any atom is 0.147 e. The van der Waals surface area contributed by atoms with E-state index in [2.05, 4.69) is 39.2 Å². The standard InChI is InChI=1S/C21H28ClN5/c1-17-4-5-19(25-15-17)21(6-9-23-10-7-21)16-26-11-13-27(14-12-26)20-18(22)3-2-8-24-20/h2-5,8,15,23H,6-7,9-14,16H2,1H3. The Kier molecular flexibility index (Phi) is 5.62. The van der Waals surface area contributed by atoms with E-state index in [0.29, 0.717) is 0 Å². The molecule has 144 valence electrons. The Hall–Kier alpha value is -1.69. The quantitative estimate of drug-likeness (QED) is 0.876. The predicted octanol–water partition coefficient (Wildman–Crippen LogP) is 2.88. The summed E-state index contributed by atoms with van der Waals surface area (Å²) in [5.41, 5.74) is 2.64. The molecule has 0 spiro atoms. The molecule has 2 saturated heterocycles. The summed E-state index contributed by atoms with van der Waals surface area (Å²) in [6.45, 7) is 9.32. The van der Waals surface area contributed by atoms with Gasteiger partial charge >= 0.3 is 0 Å². The zero-order chi connectivity index (χ0) is 18.7. The second-order valence-corrected chi connectivity index (χ2v) is 8.23. The number of hydrogen-bond acceptors (Lipinski definition) is 5. The molecule has 2 aromatic heterocycles. The van der Waals surface area contributed by atoms with Gasteiger partial charge in [0.25, 0.3) is 0 Å². The number of halogens is 1. The largest absolute Gasteiger partial charge is 0.353 e. The summed E-state index contributed by atoms with van der Waals surface area (Å²) in [5.74, 6) is 0.913. The van der Waals surface area contributed by atoms with E-state index in [4.69, 9.17) is 16.6 Å². The van der Waals surface area contributed by atoms with Crippen LogP contribution in [-0.2, 0) is 5.41 Å². The second kappa shape index (κ2) is 8.13. The molecule has 2 aliphatic heterocycles. The number of pyridine rings is 2. The normalized spacial score (nSPS) is 20.6. The van der Waals surface area contributed by atoms with E-state index in [1.165, 1.54) is 11.3 Å². The van der Waals surface area contributed by atoms with E-state index in [-0.39, 0.29) is 5.41 Å². The molecule has 0 saturated carbocycles. The van der Waals surface area contributed by atoms with Crippen LogP contribution in [-0.4, -0.2) is 60.7 Å². The topological polar surface area (TPSA) is 44.3 Å². The molecule has 0 aromatic carbocycles. The fourth-order valence-corrected chi connectivity index (χ4v) is 4.58. The molecule has 2 fully saturated rings. The van der Waals surface area contributed by atoms with E-state index in [9.17, 15) is 0 Å². The van der Waals surface area contributed by atoms with E-state index in [1.54, 1.807) is 0 Å². The highest BCUT2D eigenvalue weighted by Gasteiger charge is 2.37. The van der Waals surface area contributed by atoms with Crippen LogP contribution in [0.25, 0.3) is 0 Å². The fraction of sp³-hybridized carbons (Fsp3) is 0.524. The lowest BCUT2D eigenvalue weighted by atomic mass is 9.75. The number of nitrogens with zero attached hydrogens (tertiary/aromatic N) is 4. The zero-order valence-corrected chi connectivity index (χ0v) is 16.8. The Balaban J connectivity index is 1.45. The number of nitrogens with one attached hydrogen (secondary N) is 1. The minimum Gasteiger partial charge on any atom is -0.353 e. The van der Waals surface area contributed by atoms with Crippen molar-refractivity contribution in [2.45, 2.75) is 25.2 Å². The van der Waals surface area contributed by atoms with Crippen molar-refractivity contribution in [1.29, 1.82) is 0 Å². The highest BCUT2D eigenvalue weighted by molar-refractivity contribution is 6.32. The van der Waals surface area contributed by atoms with E-state index in [0.717, 1.165) is 69.5 Å². The number of piperazine rings is 1. The molecule has 4 heterocycles. The molecular weight excluding hydrogens is 358 g/mol. The van der Waals surface area contributed by atoms with E-state index in [1.807, 2.05) is 24.5 Å². The van der Waals surface area contributed by atoms with Crippen LogP contribution in [0.15, 0.2) is 36.7 Å². The fourth-order valence-electron chi connectivity index (χ4n) is 4.34. The van der Waals surface area contributed by atoms with Crippen molar-refractivity contribution in [3.05, 3.63) is 52.9 Å². The Morgan fingerprint density at radius 3 is 2.52 bits per heavy atom. The third kappa shape index (κ3) is 4.10. The molecule has 0 aliphatic carbocycles. The van der Waals surface area contributed by atoms with Gasteiger partial charge in [0.1, 0.15) is 5.82 Å². The monoisotopic (exact) mass is 385 g/mol. The average molecular weight is 386 g/mol. The minimum atomic E-state index is 0.157. The summed E-state index contributed by atoms with van der Waals surface area (Å²) >= 11 is 6.33. The lowest BCUT2D eigenvalue weighted by molar-refractivity contribution is 0.163. The number of aromatic nitrogens is 2. The molecule has 4 rings (SSSR count). The maximum atomic E-state index is 6.33. The molecule has 2 aliphatic rings. The van der Waals surface area contributed by atoms with Crippen LogP contribution >= 0.6 is 11.6 Å². The molecule has 0 atom stereocenters. The zero-order valence-electron chi connectivity index (χ0n) is 16.0. The van der Waals surface area contributed by atoms with Crippen molar-refractivity contribution in [2.75, 3.05) is 50.7 Å². The Bertz CT molecular complexity index is 749. The van der Waals surface area contributed by atoms with Crippen molar-refractivity contribution >= 4 is 17.4 Å². The van der Waals surface area contributed by atoms with Gasteiger partial charge in [-0.05, 0) is 56.6 Å². The van der Waals surface area contributed by atoms with Crippen molar-refractivity contribution < 1.29 is 0 Å². The van der Waals surface area contributed by atoms with Crippen LogP contribution in [0.5, 0.6) is 0 Å². The van der Waals surface area contributed by atoms with Gasteiger partial charge in [0.15, 0.2) is 0 Å². The summed E-state index contributed by atoms with van der Waals surface area (Å²) in [4.78, 5) is 14.2. The SMILES string of the molecule is Cc1ccc(C2(CN3CCN(c4ncccc4Cl)CC3)CCNCC2)nc1. The lowest BCUT2D eigenvalue weighted by Crippen LogP contribution is -2.53. The van der Waals surface area contributed by atoms with Gasteiger partial charge in [-0.2, -0.15) is 0 Å². The van der Waals surface area contributed by atoms with Crippen molar-refractivity contribution in [3.63, 3.8) is 0 Å². The van der Waals surface area contributed by atoms with Crippen LogP contribution in [0, 0.1) is 6.92 Å². The molecule has 0 unspecified atom stereocenters. The van der Waals surface area contributed by atoms with Gasteiger partial charge in [0, 0.05) is 56.2 Å². The van der Waals surface area contributed by atoms with Crippen molar-refractivity contribution in [3.8, 4) is 0 Å². The second-order valence-electron chi connectivity index (χ2n) is 7.82. The summed E-state index contributed by atoms with van der Waals surface area (Å²) in [7, 11) is 0. The molecule has 6 heteroatoms. The molecule has 5 nitrogen and oxygen atoms in total.